The molecule has 1 atom stereocenters. The van der Waals surface area contributed by atoms with Gasteiger partial charge in [-0.15, -0.1) is 0 Å². The molecule has 1 amide bonds. The average molecular weight is 276 g/mol. The van der Waals surface area contributed by atoms with Gasteiger partial charge in [-0.2, -0.15) is 0 Å². The lowest BCUT2D eigenvalue weighted by Gasteiger charge is -2.40. The minimum Gasteiger partial charge on any atom is -0.337 e. The Hall–Kier alpha value is -1.36. The van der Waals surface area contributed by atoms with E-state index in [9.17, 15) is 4.79 Å². The van der Waals surface area contributed by atoms with Crippen LogP contribution in [0.4, 0.5) is 0 Å². The summed E-state index contributed by atoms with van der Waals surface area (Å²) in [5.41, 5.74) is 1.91. The van der Waals surface area contributed by atoms with Crippen LogP contribution in [0.15, 0.2) is 6.33 Å². The number of hydrogen-bond donors (Lipinski definition) is 0. The van der Waals surface area contributed by atoms with E-state index in [1.807, 2.05) is 23.4 Å². The van der Waals surface area contributed by atoms with Gasteiger partial charge in [0, 0.05) is 32.1 Å². The predicted molar refractivity (Wildman–Crippen MR) is 77.6 cm³/mol. The zero-order valence-corrected chi connectivity index (χ0v) is 12.7. The van der Waals surface area contributed by atoms with Crippen LogP contribution in [-0.2, 0) is 7.05 Å². The summed E-state index contributed by atoms with van der Waals surface area (Å²) in [6.07, 6.45) is 5.32. The number of aryl methyl sites for hydroxylation is 2. The third-order valence-electron chi connectivity index (χ3n) is 4.90. The van der Waals surface area contributed by atoms with Gasteiger partial charge < -0.3 is 14.4 Å². The highest BCUT2D eigenvalue weighted by Crippen LogP contribution is 2.38. The van der Waals surface area contributed by atoms with E-state index < -0.39 is 0 Å². The number of carbonyl (C=O) groups excluding carboxylic acids is 1. The maximum absolute atomic E-state index is 12.8. The van der Waals surface area contributed by atoms with Crippen molar-refractivity contribution in [2.24, 2.45) is 12.5 Å². The monoisotopic (exact) mass is 276 g/mol. The van der Waals surface area contributed by atoms with Gasteiger partial charge in [0.2, 0.25) is 0 Å². The van der Waals surface area contributed by atoms with Gasteiger partial charge in [0.1, 0.15) is 5.69 Å². The summed E-state index contributed by atoms with van der Waals surface area (Å²) in [5.74, 6) is 0.149. The van der Waals surface area contributed by atoms with Gasteiger partial charge in [-0.1, -0.05) is 0 Å². The number of carbonyl (C=O) groups is 1. The number of rotatable bonds is 1. The highest BCUT2D eigenvalue weighted by molar-refractivity contribution is 5.93. The summed E-state index contributed by atoms with van der Waals surface area (Å²) in [6, 6.07) is 0. The van der Waals surface area contributed by atoms with E-state index in [-0.39, 0.29) is 5.91 Å². The SMILES string of the molecule is Cc1ncn(C)c1C(=O)N1CCC[C@]2(CCN(C)C2)C1. The van der Waals surface area contributed by atoms with Crippen molar-refractivity contribution in [3.05, 3.63) is 17.7 Å². The summed E-state index contributed by atoms with van der Waals surface area (Å²) in [7, 11) is 4.08. The van der Waals surface area contributed by atoms with Crippen LogP contribution < -0.4 is 0 Å². The van der Waals surface area contributed by atoms with Crippen molar-refractivity contribution < 1.29 is 4.79 Å². The first kappa shape index (κ1) is 13.6. The fourth-order valence-corrected chi connectivity index (χ4v) is 3.88. The van der Waals surface area contributed by atoms with Gasteiger partial charge in [0.05, 0.1) is 12.0 Å². The summed E-state index contributed by atoms with van der Waals surface area (Å²) in [6.45, 7) is 5.99. The third kappa shape index (κ3) is 2.24. The van der Waals surface area contributed by atoms with Crippen molar-refractivity contribution in [2.75, 3.05) is 33.2 Å². The van der Waals surface area contributed by atoms with Crippen LogP contribution in [0.3, 0.4) is 0 Å². The topological polar surface area (TPSA) is 41.4 Å². The average Bonchev–Trinajstić information content (AvgIpc) is 2.93. The van der Waals surface area contributed by atoms with E-state index in [1.54, 1.807) is 6.33 Å². The molecule has 2 saturated heterocycles. The van der Waals surface area contributed by atoms with Crippen LogP contribution in [0.25, 0.3) is 0 Å². The number of piperidine rings is 1. The maximum Gasteiger partial charge on any atom is 0.272 e. The number of aromatic nitrogens is 2. The maximum atomic E-state index is 12.8. The molecule has 3 rings (SSSR count). The normalized spacial score (nSPS) is 27.4. The molecule has 0 aromatic carbocycles. The first-order valence-corrected chi connectivity index (χ1v) is 7.46. The fraction of sp³-hybridized carbons (Fsp3) is 0.733. The fourth-order valence-electron chi connectivity index (χ4n) is 3.88. The number of nitrogens with zero attached hydrogens (tertiary/aromatic N) is 4. The smallest absolute Gasteiger partial charge is 0.272 e. The molecule has 1 spiro atoms. The molecule has 110 valence electrons. The molecule has 2 fully saturated rings. The van der Waals surface area contributed by atoms with Gasteiger partial charge >= 0.3 is 0 Å². The van der Waals surface area contributed by atoms with Crippen LogP contribution in [0.2, 0.25) is 0 Å². The minimum atomic E-state index is 0.149. The molecule has 3 heterocycles. The van der Waals surface area contributed by atoms with E-state index >= 15 is 0 Å². The molecule has 2 aliphatic heterocycles. The van der Waals surface area contributed by atoms with Gasteiger partial charge in [-0.25, -0.2) is 4.98 Å². The van der Waals surface area contributed by atoms with Gasteiger partial charge in [0.15, 0.2) is 0 Å². The molecule has 0 aliphatic carbocycles. The summed E-state index contributed by atoms with van der Waals surface area (Å²) >= 11 is 0. The minimum absolute atomic E-state index is 0.149. The van der Waals surface area contributed by atoms with E-state index in [1.165, 1.54) is 12.8 Å². The molecule has 1 aromatic rings. The zero-order valence-electron chi connectivity index (χ0n) is 12.7. The van der Waals surface area contributed by atoms with Crippen LogP contribution in [0.1, 0.15) is 35.4 Å². The Kier molecular flexibility index (Phi) is 3.32. The van der Waals surface area contributed by atoms with Crippen LogP contribution in [-0.4, -0.2) is 58.5 Å². The van der Waals surface area contributed by atoms with Crippen molar-refractivity contribution in [3.63, 3.8) is 0 Å². The van der Waals surface area contributed by atoms with Crippen LogP contribution in [0.5, 0.6) is 0 Å². The number of imidazole rings is 1. The number of hydrogen-bond acceptors (Lipinski definition) is 3. The molecule has 1 aromatic heterocycles. The largest absolute Gasteiger partial charge is 0.337 e. The molecule has 0 N–H and O–H groups in total. The highest BCUT2D eigenvalue weighted by atomic mass is 16.2. The number of amides is 1. The molecule has 5 nitrogen and oxygen atoms in total. The lowest BCUT2D eigenvalue weighted by Crippen LogP contribution is -2.47. The Morgan fingerprint density at radius 2 is 2.05 bits per heavy atom. The quantitative estimate of drug-likeness (QED) is 0.776. The molecule has 2 aliphatic rings. The van der Waals surface area contributed by atoms with Gasteiger partial charge in [-0.3, -0.25) is 4.79 Å². The molecule has 0 bridgehead atoms. The molecular formula is C15H24N4O. The van der Waals surface area contributed by atoms with Crippen molar-refractivity contribution >= 4 is 5.91 Å². The standard InChI is InChI=1S/C15H24N4O/c1-12-13(18(3)11-16-12)14(20)19-7-4-5-15(10-19)6-8-17(2)9-15/h11H,4-10H2,1-3H3/t15-/m1/s1. The van der Waals surface area contributed by atoms with E-state index in [0.717, 1.165) is 44.0 Å². The second kappa shape index (κ2) is 4.88. The Balaban J connectivity index is 1.79. The Labute approximate surface area is 120 Å². The second-order valence-corrected chi connectivity index (χ2v) is 6.61. The molecule has 0 unspecified atom stereocenters. The molecule has 0 radical (unpaired) electrons. The van der Waals surface area contributed by atoms with Gasteiger partial charge in [0.25, 0.3) is 5.91 Å². The van der Waals surface area contributed by atoms with Crippen LogP contribution >= 0.6 is 0 Å². The molecule has 20 heavy (non-hydrogen) atoms. The van der Waals surface area contributed by atoms with Crippen molar-refractivity contribution in [1.29, 1.82) is 0 Å². The summed E-state index contributed by atoms with van der Waals surface area (Å²) in [4.78, 5) is 21.5. The lowest BCUT2D eigenvalue weighted by molar-refractivity contribution is 0.0525. The molecular weight excluding hydrogens is 252 g/mol. The van der Waals surface area contributed by atoms with E-state index in [0.29, 0.717) is 5.41 Å². The second-order valence-electron chi connectivity index (χ2n) is 6.61. The van der Waals surface area contributed by atoms with E-state index in [4.69, 9.17) is 0 Å². The molecule has 5 heteroatoms. The number of likely N-dealkylation sites (tertiary alicyclic amines) is 2. The third-order valence-corrected chi connectivity index (χ3v) is 4.90. The summed E-state index contributed by atoms with van der Waals surface area (Å²) < 4.78 is 1.85. The Morgan fingerprint density at radius 3 is 2.65 bits per heavy atom. The lowest BCUT2D eigenvalue weighted by atomic mass is 9.79. The Morgan fingerprint density at radius 1 is 1.25 bits per heavy atom. The van der Waals surface area contributed by atoms with E-state index in [2.05, 4.69) is 16.9 Å². The predicted octanol–water partition coefficient (Wildman–Crippen LogP) is 1.29. The first-order valence-electron chi connectivity index (χ1n) is 7.46. The Bertz CT molecular complexity index is 500. The summed E-state index contributed by atoms with van der Waals surface area (Å²) in [5, 5.41) is 0. The first-order chi connectivity index (χ1) is 9.51. The molecule has 0 saturated carbocycles. The van der Waals surface area contributed by atoms with Crippen molar-refractivity contribution in [3.8, 4) is 0 Å². The van der Waals surface area contributed by atoms with Crippen LogP contribution in [0, 0.1) is 12.3 Å². The van der Waals surface area contributed by atoms with Crippen molar-refractivity contribution in [1.82, 2.24) is 19.4 Å². The highest BCUT2D eigenvalue weighted by Gasteiger charge is 2.41. The zero-order chi connectivity index (χ0) is 14.3. The van der Waals surface area contributed by atoms with Crippen molar-refractivity contribution in [2.45, 2.75) is 26.2 Å². The van der Waals surface area contributed by atoms with Gasteiger partial charge in [-0.05, 0) is 39.8 Å².